The van der Waals surface area contributed by atoms with Crippen molar-refractivity contribution >= 4 is 40.4 Å². The standard InChI is InChI=1S/C36H30N2O4/c1-2-42-33(39)23-36(30-18-10-12-20-32(30)38(35(36)41)34(40)26-15-7-4-8-16-26)29(22-21-25-13-5-3-6-14-25)28-24-37-31-19-11-9-17-27(28)31/h3-22,24,29,37H,2,23H2,1H3/b22-21+/t29-,36-/m0/s1. The topological polar surface area (TPSA) is 79.5 Å². The molecule has 2 atom stereocenters. The van der Waals surface area contributed by atoms with E-state index in [1.165, 1.54) is 4.90 Å². The van der Waals surface area contributed by atoms with Crippen molar-refractivity contribution in [2.75, 3.05) is 11.5 Å². The van der Waals surface area contributed by atoms with Crippen LogP contribution in [0.2, 0.25) is 0 Å². The zero-order valence-corrected chi connectivity index (χ0v) is 23.2. The van der Waals surface area contributed by atoms with E-state index in [4.69, 9.17) is 4.74 Å². The van der Waals surface area contributed by atoms with E-state index >= 15 is 0 Å². The maximum Gasteiger partial charge on any atom is 0.307 e. The lowest BCUT2D eigenvalue weighted by molar-refractivity contribution is -0.147. The Morgan fingerprint density at radius 2 is 1.55 bits per heavy atom. The van der Waals surface area contributed by atoms with Gasteiger partial charge in [-0.15, -0.1) is 0 Å². The Balaban J connectivity index is 1.62. The second-order valence-corrected chi connectivity index (χ2v) is 10.3. The molecular formula is C36H30N2O4. The Bertz CT molecular complexity index is 1790. The fourth-order valence-corrected chi connectivity index (χ4v) is 6.06. The van der Waals surface area contributed by atoms with Crippen LogP contribution in [0.3, 0.4) is 0 Å². The van der Waals surface area contributed by atoms with Gasteiger partial charge in [0, 0.05) is 28.6 Å². The first kappa shape index (κ1) is 27.0. The molecule has 1 aromatic heterocycles. The first-order chi connectivity index (χ1) is 20.5. The van der Waals surface area contributed by atoms with Crippen LogP contribution in [0.15, 0.2) is 121 Å². The Morgan fingerprint density at radius 1 is 0.881 bits per heavy atom. The number of aromatic nitrogens is 1. The molecule has 208 valence electrons. The maximum atomic E-state index is 15.0. The summed E-state index contributed by atoms with van der Waals surface area (Å²) in [6, 6.07) is 33.7. The van der Waals surface area contributed by atoms with Gasteiger partial charge in [0.15, 0.2) is 0 Å². The minimum absolute atomic E-state index is 0.176. The monoisotopic (exact) mass is 554 g/mol. The number of anilines is 1. The number of para-hydroxylation sites is 2. The van der Waals surface area contributed by atoms with Gasteiger partial charge in [-0.05, 0) is 47.9 Å². The van der Waals surface area contributed by atoms with Crippen LogP contribution in [-0.2, 0) is 19.7 Å². The molecule has 6 nitrogen and oxygen atoms in total. The number of rotatable bonds is 8. The van der Waals surface area contributed by atoms with Crippen LogP contribution < -0.4 is 4.90 Å². The summed E-state index contributed by atoms with van der Waals surface area (Å²) >= 11 is 0. The summed E-state index contributed by atoms with van der Waals surface area (Å²) in [5, 5.41) is 0.932. The number of ether oxygens (including phenoxy) is 1. The Kier molecular flexibility index (Phi) is 7.28. The minimum Gasteiger partial charge on any atom is -0.466 e. The van der Waals surface area contributed by atoms with Gasteiger partial charge in [-0.2, -0.15) is 0 Å². The van der Waals surface area contributed by atoms with E-state index in [1.807, 2.05) is 91.1 Å². The number of allylic oxidation sites excluding steroid dienone is 1. The van der Waals surface area contributed by atoms with Crippen molar-refractivity contribution in [3.63, 3.8) is 0 Å². The van der Waals surface area contributed by atoms with Crippen molar-refractivity contribution in [2.24, 2.45) is 0 Å². The van der Waals surface area contributed by atoms with Gasteiger partial charge in [-0.1, -0.05) is 97.1 Å². The summed E-state index contributed by atoms with van der Waals surface area (Å²) in [6.45, 7) is 1.92. The quantitative estimate of drug-likeness (QED) is 0.165. The molecule has 5 aromatic rings. The lowest BCUT2D eigenvalue weighted by Gasteiger charge is -2.34. The van der Waals surface area contributed by atoms with Crippen molar-refractivity contribution in [1.82, 2.24) is 4.98 Å². The second kappa shape index (κ2) is 11.3. The summed E-state index contributed by atoms with van der Waals surface area (Å²) in [5.41, 5.74) is 2.72. The third kappa shape index (κ3) is 4.61. The number of hydrogen-bond donors (Lipinski definition) is 1. The van der Waals surface area contributed by atoms with E-state index in [-0.39, 0.29) is 13.0 Å². The molecule has 6 rings (SSSR count). The van der Waals surface area contributed by atoms with Crippen LogP contribution in [0, 0.1) is 0 Å². The number of carbonyl (C=O) groups is 3. The normalized spacial score (nSPS) is 17.0. The highest BCUT2D eigenvalue weighted by Crippen LogP contribution is 2.54. The second-order valence-electron chi connectivity index (χ2n) is 10.3. The molecule has 4 aromatic carbocycles. The molecular weight excluding hydrogens is 524 g/mol. The molecule has 1 aliphatic rings. The zero-order valence-electron chi connectivity index (χ0n) is 23.2. The van der Waals surface area contributed by atoms with Gasteiger partial charge in [0.05, 0.1) is 24.1 Å². The predicted molar refractivity (Wildman–Crippen MR) is 164 cm³/mol. The third-order valence-corrected chi connectivity index (χ3v) is 7.93. The largest absolute Gasteiger partial charge is 0.466 e. The van der Waals surface area contributed by atoms with E-state index in [1.54, 1.807) is 43.3 Å². The number of aromatic amines is 1. The minimum atomic E-state index is -1.45. The molecule has 2 amide bonds. The van der Waals surface area contributed by atoms with E-state index in [9.17, 15) is 14.4 Å². The number of H-pyrrole nitrogens is 1. The molecule has 0 bridgehead atoms. The van der Waals surface area contributed by atoms with Crippen LogP contribution in [0.25, 0.3) is 17.0 Å². The van der Waals surface area contributed by atoms with Crippen LogP contribution in [0.5, 0.6) is 0 Å². The molecule has 1 N–H and O–H groups in total. The van der Waals surface area contributed by atoms with Gasteiger partial charge >= 0.3 is 5.97 Å². The molecule has 2 heterocycles. The van der Waals surface area contributed by atoms with Crippen molar-refractivity contribution in [2.45, 2.75) is 24.7 Å². The first-order valence-corrected chi connectivity index (χ1v) is 14.0. The Morgan fingerprint density at radius 3 is 2.31 bits per heavy atom. The van der Waals surface area contributed by atoms with E-state index < -0.39 is 29.1 Å². The molecule has 0 spiro atoms. The van der Waals surface area contributed by atoms with Crippen molar-refractivity contribution in [1.29, 1.82) is 0 Å². The van der Waals surface area contributed by atoms with E-state index in [0.29, 0.717) is 16.8 Å². The SMILES string of the molecule is CCOC(=O)C[C@@]1([C@@H](/C=C/c2ccccc2)c2c[nH]c3ccccc23)C(=O)N(C(=O)c2ccccc2)c2ccccc21. The summed E-state index contributed by atoms with van der Waals surface area (Å²) in [6.07, 6.45) is 5.61. The summed E-state index contributed by atoms with van der Waals surface area (Å²) in [7, 11) is 0. The lowest BCUT2D eigenvalue weighted by Crippen LogP contribution is -2.47. The third-order valence-electron chi connectivity index (χ3n) is 7.93. The van der Waals surface area contributed by atoms with Crippen LogP contribution in [-0.4, -0.2) is 29.4 Å². The fraction of sp³-hybridized carbons (Fsp3) is 0.139. The van der Waals surface area contributed by atoms with Crippen molar-refractivity contribution < 1.29 is 19.1 Å². The molecule has 42 heavy (non-hydrogen) atoms. The van der Waals surface area contributed by atoms with Gasteiger partial charge < -0.3 is 9.72 Å². The number of esters is 1. The highest BCUT2D eigenvalue weighted by atomic mass is 16.5. The van der Waals surface area contributed by atoms with Gasteiger partial charge in [-0.3, -0.25) is 14.4 Å². The zero-order chi connectivity index (χ0) is 29.1. The molecule has 0 aliphatic carbocycles. The van der Waals surface area contributed by atoms with Gasteiger partial charge in [0.2, 0.25) is 5.91 Å². The average Bonchev–Trinajstić information content (AvgIpc) is 3.55. The molecule has 1 aliphatic heterocycles. The lowest BCUT2D eigenvalue weighted by atomic mass is 9.65. The molecule has 6 heteroatoms. The number of hydrogen-bond acceptors (Lipinski definition) is 4. The smallest absolute Gasteiger partial charge is 0.307 e. The number of benzene rings is 4. The van der Waals surface area contributed by atoms with E-state index in [2.05, 4.69) is 4.98 Å². The molecule has 0 radical (unpaired) electrons. The van der Waals surface area contributed by atoms with Gasteiger partial charge in [-0.25, -0.2) is 4.90 Å². The van der Waals surface area contributed by atoms with Crippen molar-refractivity contribution in [3.05, 3.63) is 144 Å². The highest BCUT2D eigenvalue weighted by molar-refractivity contribution is 6.28. The van der Waals surface area contributed by atoms with Gasteiger partial charge in [0.25, 0.3) is 5.91 Å². The fourth-order valence-electron chi connectivity index (χ4n) is 6.06. The maximum absolute atomic E-state index is 15.0. The molecule has 0 fully saturated rings. The number of fused-ring (bicyclic) bond motifs is 2. The van der Waals surface area contributed by atoms with Crippen LogP contribution >= 0.6 is 0 Å². The van der Waals surface area contributed by atoms with Crippen LogP contribution in [0.1, 0.15) is 46.3 Å². The first-order valence-electron chi connectivity index (χ1n) is 14.0. The van der Waals surface area contributed by atoms with Crippen molar-refractivity contribution in [3.8, 4) is 0 Å². The van der Waals surface area contributed by atoms with Crippen LogP contribution in [0.4, 0.5) is 5.69 Å². The predicted octanol–water partition coefficient (Wildman–Crippen LogP) is 7.04. The Labute approximate surface area is 244 Å². The molecule has 0 unspecified atom stereocenters. The number of amides is 2. The summed E-state index contributed by atoms with van der Waals surface area (Å²) in [4.78, 5) is 47.0. The van der Waals surface area contributed by atoms with E-state index in [0.717, 1.165) is 22.0 Å². The number of carbonyl (C=O) groups excluding carboxylic acids is 3. The summed E-state index contributed by atoms with van der Waals surface area (Å²) in [5.74, 6) is -2.03. The molecule has 0 saturated heterocycles. The van der Waals surface area contributed by atoms with Gasteiger partial charge in [0.1, 0.15) is 0 Å². The Hall–Kier alpha value is -5.23. The highest BCUT2D eigenvalue weighted by Gasteiger charge is 2.58. The number of nitrogens with one attached hydrogen (secondary N) is 1. The number of imide groups is 1. The molecule has 0 saturated carbocycles. The summed E-state index contributed by atoms with van der Waals surface area (Å²) < 4.78 is 5.46. The average molecular weight is 555 g/mol. The number of nitrogens with zero attached hydrogens (tertiary/aromatic N) is 1.